The van der Waals surface area contributed by atoms with Gasteiger partial charge in [0, 0.05) is 18.6 Å². The highest BCUT2D eigenvalue weighted by Gasteiger charge is 2.09. The molecule has 0 aliphatic rings. The van der Waals surface area contributed by atoms with Gasteiger partial charge in [0.15, 0.2) is 11.5 Å². The van der Waals surface area contributed by atoms with Crippen molar-refractivity contribution in [2.24, 2.45) is 0 Å². The zero-order valence-electron chi connectivity index (χ0n) is 11.0. The van der Waals surface area contributed by atoms with Crippen molar-refractivity contribution in [1.82, 2.24) is 15.3 Å². The number of ether oxygens (including phenoxy) is 2. The van der Waals surface area contributed by atoms with Gasteiger partial charge in [0.05, 0.1) is 25.3 Å². The van der Waals surface area contributed by atoms with Crippen LogP contribution in [-0.2, 0) is 6.42 Å². The van der Waals surface area contributed by atoms with E-state index in [9.17, 15) is 0 Å². The smallest absolute Gasteiger partial charge is 0.163 e. The van der Waals surface area contributed by atoms with E-state index in [1.54, 1.807) is 14.2 Å². The molecule has 0 fully saturated rings. The third-order valence-corrected chi connectivity index (χ3v) is 2.88. The van der Waals surface area contributed by atoms with Crippen LogP contribution in [0.2, 0.25) is 0 Å². The number of rotatable bonds is 6. The Kier molecular flexibility index (Phi) is 4.04. The molecule has 0 amide bonds. The van der Waals surface area contributed by atoms with E-state index >= 15 is 0 Å². The number of hydrogen-bond acceptors (Lipinski definition) is 4. The number of aryl methyl sites for hydroxylation is 1. The van der Waals surface area contributed by atoms with E-state index in [1.165, 1.54) is 0 Å². The minimum atomic E-state index is 0.707. The van der Waals surface area contributed by atoms with Crippen LogP contribution < -0.4 is 14.8 Å². The first-order chi connectivity index (χ1) is 8.78. The van der Waals surface area contributed by atoms with E-state index in [0.29, 0.717) is 5.75 Å². The van der Waals surface area contributed by atoms with Gasteiger partial charge >= 0.3 is 0 Å². The lowest BCUT2D eigenvalue weighted by molar-refractivity contribution is 0.356. The molecule has 0 aliphatic carbocycles. The molecule has 0 radical (unpaired) electrons. The first-order valence-corrected chi connectivity index (χ1v) is 6.03. The first-order valence-electron chi connectivity index (χ1n) is 6.03. The van der Waals surface area contributed by atoms with Gasteiger partial charge in [-0.25, -0.2) is 4.98 Å². The van der Waals surface area contributed by atoms with Crippen LogP contribution in [0.1, 0.15) is 12.2 Å². The van der Waals surface area contributed by atoms with E-state index in [-0.39, 0.29) is 0 Å². The molecule has 0 unspecified atom stereocenters. The molecule has 2 rings (SSSR count). The van der Waals surface area contributed by atoms with Crippen LogP contribution in [0.25, 0.3) is 11.0 Å². The Bertz CT molecular complexity index is 481. The largest absolute Gasteiger partial charge is 0.493 e. The molecular formula is C13H19N3O2. The van der Waals surface area contributed by atoms with E-state index in [4.69, 9.17) is 9.47 Å². The summed E-state index contributed by atoms with van der Waals surface area (Å²) in [5.74, 6) is 2.42. The first kappa shape index (κ1) is 12.7. The molecule has 0 aliphatic heterocycles. The minimum absolute atomic E-state index is 0.707. The van der Waals surface area contributed by atoms with E-state index in [2.05, 4.69) is 15.3 Å². The molecule has 98 valence electrons. The lowest BCUT2D eigenvalue weighted by atomic mass is 10.3. The van der Waals surface area contributed by atoms with Crippen LogP contribution in [0, 0.1) is 0 Å². The predicted molar refractivity (Wildman–Crippen MR) is 71.4 cm³/mol. The maximum atomic E-state index is 5.27. The van der Waals surface area contributed by atoms with Crippen molar-refractivity contribution in [1.29, 1.82) is 0 Å². The summed E-state index contributed by atoms with van der Waals surface area (Å²) in [6, 6.07) is 3.81. The second kappa shape index (κ2) is 5.73. The Morgan fingerprint density at radius 1 is 1.22 bits per heavy atom. The van der Waals surface area contributed by atoms with Crippen molar-refractivity contribution in [2.75, 3.05) is 27.8 Å². The highest BCUT2D eigenvalue weighted by Crippen LogP contribution is 2.31. The maximum Gasteiger partial charge on any atom is 0.163 e. The van der Waals surface area contributed by atoms with E-state index in [1.807, 2.05) is 19.2 Å². The number of fused-ring (bicyclic) bond motifs is 1. The van der Waals surface area contributed by atoms with Crippen molar-refractivity contribution in [3.05, 3.63) is 18.0 Å². The summed E-state index contributed by atoms with van der Waals surface area (Å²) in [5, 5.41) is 3.13. The molecule has 0 saturated heterocycles. The fourth-order valence-corrected chi connectivity index (χ4v) is 1.94. The van der Waals surface area contributed by atoms with Crippen LogP contribution in [-0.4, -0.2) is 37.8 Å². The van der Waals surface area contributed by atoms with Gasteiger partial charge in [-0.05, 0) is 20.0 Å². The summed E-state index contributed by atoms with van der Waals surface area (Å²) in [4.78, 5) is 7.86. The Morgan fingerprint density at radius 2 is 1.94 bits per heavy atom. The predicted octanol–water partition coefficient (Wildman–Crippen LogP) is 1.73. The third kappa shape index (κ3) is 2.56. The average molecular weight is 249 g/mol. The summed E-state index contributed by atoms with van der Waals surface area (Å²) >= 11 is 0. The van der Waals surface area contributed by atoms with Gasteiger partial charge in [0.25, 0.3) is 0 Å². The highest BCUT2D eigenvalue weighted by atomic mass is 16.5. The second-order valence-electron chi connectivity index (χ2n) is 4.11. The van der Waals surface area contributed by atoms with Crippen molar-refractivity contribution >= 4 is 11.0 Å². The van der Waals surface area contributed by atoms with Gasteiger partial charge in [0.1, 0.15) is 5.82 Å². The SMILES string of the molecule is CNCCCc1nc2cc(OC)c(OC)cc2[nH]1. The van der Waals surface area contributed by atoms with Crippen molar-refractivity contribution < 1.29 is 9.47 Å². The standard InChI is InChI=1S/C13H19N3O2/c1-14-6-4-5-13-15-9-7-11(17-2)12(18-3)8-10(9)16-13/h7-8,14H,4-6H2,1-3H3,(H,15,16). The zero-order valence-corrected chi connectivity index (χ0v) is 11.0. The topological polar surface area (TPSA) is 59.2 Å². The normalized spacial score (nSPS) is 10.8. The number of nitrogens with zero attached hydrogens (tertiary/aromatic N) is 1. The lowest BCUT2D eigenvalue weighted by Gasteiger charge is -2.06. The molecule has 18 heavy (non-hydrogen) atoms. The fraction of sp³-hybridized carbons (Fsp3) is 0.462. The van der Waals surface area contributed by atoms with Crippen LogP contribution in [0.3, 0.4) is 0 Å². The highest BCUT2D eigenvalue weighted by molar-refractivity contribution is 5.79. The van der Waals surface area contributed by atoms with E-state index < -0.39 is 0 Å². The molecule has 0 saturated carbocycles. The molecule has 1 aromatic heterocycles. The third-order valence-electron chi connectivity index (χ3n) is 2.88. The van der Waals surface area contributed by atoms with Gasteiger partial charge in [-0.3, -0.25) is 0 Å². The fourth-order valence-electron chi connectivity index (χ4n) is 1.94. The quantitative estimate of drug-likeness (QED) is 0.765. The molecule has 5 heteroatoms. The van der Waals surface area contributed by atoms with Gasteiger partial charge in [-0.15, -0.1) is 0 Å². The Balaban J connectivity index is 2.27. The number of methoxy groups -OCH3 is 2. The molecule has 0 spiro atoms. The average Bonchev–Trinajstić information content (AvgIpc) is 2.78. The van der Waals surface area contributed by atoms with Crippen LogP contribution in [0.15, 0.2) is 12.1 Å². The molecular weight excluding hydrogens is 230 g/mol. The molecule has 0 atom stereocenters. The Labute approximate surface area is 107 Å². The molecule has 1 heterocycles. The lowest BCUT2D eigenvalue weighted by Crippen LogP contribution is -2.08. The van der Waals surface area contributed by atoms with Gasteiger partial charge in [-0.2, -0.15) is 0 Å². The minimum Gasteiger partial charge on any atom is -0.493 e. The monoisotopic (exact) mass is 249 g/mol. The number of aromatic nitrogens is 2. The summed E-state index contributed by atoms with van der Waals surface area (Å²) in [6.07, 6.45) is 1.99. The number of aromatic amines is 1. The Hall–Kier alpha value is -1.75. The summed E-state index contributed by atoms with van der Waals surface area (Å²) in [7, 11) is 5.21. The van der Waals surface area contributed by atoms with Gasteiger partial charge in [0.2, 0.25) is 0 Å². The summed E-state index contributed by atoms with van der Waals surface area (Å²) in [6.45, 7) is 0.990. The second-order valence-corrected chi connectivity index (χ2v) is 4.11. The molecule has 0 bridgehead atoms. The maximum absolute atomic E-state index is 5.27. The van der Waals surface area contributed by atoms with Crippen molar-refractivity contribution in [2.45, 2.75) is 12.8 Å². The molecule has 5 nitrogen and oxygen atoms in total. The molecule has 2 aromatic rings. The number of benzene rings is 1. The van der Waals surface area contributed by atoms with Crippen LogP contribution in [0.5, 0.6) is 11.5 Å². The number of H-pyrrole nitrogens is 1. The van der Waals surface area contributed by atoms with E-state index in [0.717, 1.165) is 42.0 Å². The van der Waals surface area contributed by atoms with Gasteiger partial charge < -0.3 is 19.8 Å². The van der Waals surface area contributed by atoms with Crippen molar-refractivity contribution in [3.8, 4) is 11.5 Å². The summed E-state index contributed by atoms with van der Waals surface area (Å²) < 4.78 is 10.5. The number of imidazole rings is 1. The summed E-state index contributed by atoms with van der Waals surface area (Å²) in [5.41, 5.74) is 1.89. The molecule has 1 aromatic carbocycles. The number of hydrogen-bond donors (Lipinski definition) is 2. The number of nitrogens with one attached hydrogen (secondary N) is 2. The van der Waals surface area contributed by atoms with Gasteiger partial charge in [-0.1, -0.05) is 0 Å². The zero-order chi connectivity index (χ0) is 13.0. The van der Waals surface area contributed by atoms with Crippen molar-refractivity contribution in [3.63, 3.8) is 0 Å². The van der Waals surface area contributed by atoms with Crippen LogP contribution >= 0.6 is 0 Å². The van der Waals surface area contributed by atoms with Crippen LogP contribution in [0.4, 0.5) is 0 Å². The Morgan fingerprint density at radius 3 is 2.61 bits per heavy atom. The molecule has 2 N–H and O–H groups in total.